The number of phenols is 1. The number of ether oxygens (including phenoxy) is 1. The number of carbonyl (C=O) groups is 1. The molecule has 0 aliphatic heterocycles. The number of unbranched alkanes of at least 4 members (excludes halogenated alkanes) is 2. The molecule has 1 unspecified atom stereocenters. The zero-order valence-electron chi connectivity index (χ0n) is 22.7. The number of benzene rings is 3. The standard InChI is InChI=1S/C31H37O6P/c1-6-7-9-14-26-18-29(33)31(28-17-23(4)15-16-27(28)22(2)3)30(19-26)37-38(34,36-21-35-24(5)32)20-25-12-10-8-11-13-25/h8,10-13,15-19,33H,2,6-7,9,14,20-21H2,1,3-5H3. The third-order valence-electron chi connectivity index (χ3n) is 6.08. The number of aromatic hydroxyl groups is 1. The van der Waals surface area contributed by atoms with Gasteiger partial charge in [0.1, 0.15) is 11.5 Å². The summed E-state index contributed by atoms with van der Waals surface area (Å²) in [6.07, 6.45) is 3.75. The quantitative estimate of drug-likeness (QED) is 0.102. The number of esters is 1. The Labute approximate surface area is 225 Å². The van der Waals surface area contributed by atoms with Crippen molar-refractivity contribution in [2.24, 2.45) is 0 Å². The van der Waals surface area contributed by atoms with E-state index in [2.05, 4.69) is 13.5 Å². The van der Waals surface area contributed by atoms with Crippen LogP contribution in [0.3, 0.4) is 0 Å². The molecular formula is C31H37O6P. The Morgan fingerprint density at radius 2 is 1.74 bits per heavy atom. The molecule has 38 heavy (non-hydrogen) atoms. The first-order chi connectivity index (χ1) is 18.1. The maximum atomic E-state index is 14.2. The van der Waals surface area contributed by atoms with Gasteiger partial charge in [0, 0.05) is 6.92 Å². The molecule has 6 nitrogen and oxygen atoms in total. The third kappa shape index (κ3) is 8.08. The molecule has 0 saturated heterocycles. The van der Waals surface area contributed by atoms with Gasteiger partial charge in [-0.05, 0) is 61.1 Å². The number of hydrogen-bond donors (Lipinski definition) is 1. The van der Waals surface area contributed by atoms with E-state index < -0.39 is 20.4 Å². The van der Waals surface area contributed by atoms with Crippen LogP contribution in [0.25, 0.3) is 16.7 Å². The van der Waals surface area contributed by atoms with Crippen molar-refractivity contribution >= 4 is 19.1 Å². The number of rotatable bonds is 13. The lowest BCUT2D eigenvalue weighted by Gasteiger charge is -2.23. The lowest BCUT2D eigenvalue weighted by atomic mass is 9.91. The largest absolute Gasteiger partial charge is 0.507 e. The van der Waals surface area contributed by atoms with Gasteiger partial charge in [0.15, 0.2) is 0 Å². The van der Waals surface area contributed by atoms with Crippen molar-refractivity contribution < 1.29 is 28.3 Å². The van der Waals surface area contributed by atoms with Crippen molar-refractivity contribution in [3.05, 3.63) is 89.5 Å². The summed E-state index contributed by atoms with van der Waals surface area (Å²) < 4.78 is 30.9. The maximum Gasteiger partial charge on any atom is 0.386 e. The summed E-state index contributed by atoms with van der Waals surface area (Å²) in [4.78, 5) is 11.4. The van der Waals surface area contributed by atoms with Crippen LogP contribution >= 0.6 is 7.60 Å². The van der Waals surface area contributed by atoms with E-state index in [1.807, 2.05) is 68.4 Å². The summed E-state index contributed by atoms with van der Waals surface area (Å²) in [6, 6.07) is 18.6. The first kappa shape index (κ1) is 29.2. The minimum Gasteiger partial charge on any atom is -0.507 e. The molecule has 1 N–H and O–H groups in total. The zero-order chi connectivity index (χ0) is 27.7. The SMILES string of the molecule is C=C(C)c1ccc(C)cc1-c1c(O)cc(CCCCC)cc1OP(=O)(Cc1ccccc1)OCOC(C)=O. The average Bonchev–Trinajstić information content (AvgIpc) is 2.84. The van der Waals surface area contributed by atoms with E-state index in [1.54, 1.807) is 6.07 Å². The summed E-state index contributed by atoms with van der Waals surface area (Å²) in [5.74, 6) is -0.293. The Bertz CT molecular complexity index is 1320. The molecule has 0 fully saturated rings. The summed E-state index contributed by atoms with van der Waals surface area (Å²) in [5, 5.41) is 11.3. The molecule has 0 aliphatic rings. The molecule has 0 aliphatic carbocycles. The molecule has 0 amide bonds. The van der Waals surface area contributed by atoms with Gasteiger partial charge in [0.2, 0.25) is 6.79 Å². The molecule has 0 spiro atoms. The highest BCUT2D eigenvalue weighted by atomic mass is 31.2. The van der Waals surface area contributed by atoms with Crippen molar-refractivity contribution in [3.8, 4) is 22.6 Å². The number of hydrogen-bond acceptors (Lipinski definition) is 6. The summed E-state index contributed by atoms with van der Waals surface area (Å²) in [6.45, 7) is 10.8. The number of carbonyl (C=O) groups excluding carboxylic acids is 1. The fourth-order valence-corrected chi connectivity index (χ4v) is 5.73. The van der Waals surface area contributed by atoms with Crippen molar-refractivity contribution in [2.45, 2.75) is 59.5 Å². The Balaban J connectivity index is 2.14. The van der Waals surface area contributed by atoms with Crippen LogP contribution in [0.15, 0.2) is 67.2 Å². The van der Waals surface area contributed by atoms with Crippen LogP contribution in [-0.4, -0.2) is 17.9 Å². The van der Waals surface area contributed by atoms with Crippen LogP contribution in [-0.2, 0) is 31.2 Å². The highest BCUT2D eigenvalue weighted by Gasteiger charge is 2.30. The van der Waals surface area contributed by atoms with Gasteiger partial charge in [0.25, 0.3) is 0 Å². The number of aryl methyl sites for hydroxylation is 2. The van der Waals surface area contributed by atoms with Crippen LogP contribution < -0.4 is 4.52 Å². The molecule has 0 saturated carbocycles. The molecule has 0 aromatic heterocycles. The van der Waals surface area contributed by atoms with Crippen LogP contribution in [0.4, 0.5) is 0 Å². The van der Waals surface area contributed by atoms with Gasteiger partial charge in [0.05, 0.1) is 11.7 Å². The Morgan fingerprint density at radius 3 is 2.39 bits per heavy atom. The van der Waals surface area contributed by atoms with Gasteiger partial charge in [-0.2, -0.15) is 0 Å². The second-order valence-electron chi connectivity index (χ2n) is 9.50. The van der Waals surface area contributed by atoms with Gasteiger partial charge in [-0.1, -0.05) is 86.0 Å². The molecule has 0 bridgehead atoms. The molecule has 3 rings (SSSR count). The van der Waals surface area contributed by atoms with Crippen LogP contribution in [0.5, 0.6) is 11.5 Å². The van der Waals surface area contributed by atoms with E-state index in [4.69, 9.17) is 13.8 Å². The van der Waals surface area contributed by atoms with E-state index in [1.165, 1.54) is 6.92 Å². The van der Waals surface area contributed by atoms with E-state index in [0.29, 0.717) is 5.56 Å². The van der Waals surface area contributed by atoms with Crippen molar-refractivity contribution in [2.75, 3.05) is 6.79 Å². The highest BCUT2D eigenvalue weighted by molar-refractivity contribution is 7.53. The molecule has 202 valence electrons. The van der Waals surface area contributed by atoms with Gasteiger partial charge >= 0.3 is 13.6 Å². The van der Waals surface area contributed by atoms with Crippen molar-refractivity contribution in [1.29, 1.82) is 0 Å². The van der Waals surface area contributed by atoms with Gasteiger partial charge in [-0.25, -0.2) is 4.57 Å². The minimum absolute atomic E-state index is 0.0216. The first-order valence-corrected chi connectivity index (χ1v) is 14.6. The maximum absolute atomic E-state index is 14.2. The second kappa shape index (κ2) is 13.5. The average molecular weight is 537 g/mol. The number of allylic oxidation sites excluding steroid dienone is 1. The molecule has 3 aromatic rings. The fourth-order valence-electron chi connectivity index (χ4n) is 4.21. The van der Waals surface area contributed by atoms with E-state index in [-0.39, 0.29) is 17.7 Å². The molecular weight excluding hydrogens is 499 g/mol. The van der Waals surface area contributed by atoms with E-state index >= 15 is 0 Å². The lowest BCUT2D eigenvalue weighted by Crippen LogP contribution is -2.08. The van der Waals surface area contributed by atoms with Gasteiger partial charge < -0.3 is 14.4 Å². The van der Waals surface area contributed by atoms with Crippen molar-refractivity contribution in [1.82, 2.24) is 0 Å². The normalized spacial score (nSPS) is 12.5. The predicted molar refractivity (Wildman–Crippen MR) is 152 cm³/mol. The third-order valence-corrected chi connectivity index (χ3v) is 7.81. The molecule has 0 radical (unpaired) electrons. The zero-order valence-corrected chi connectivity index (χ0v) is 23.6. The van der Waals surface area contributed by atoms with E-state index in [9.17, 15) is 14.5 Å². The Kier molecular flexibility index (Phi) is 10.3. The second-order valence-corrected chi connectivity index (χ2v) is 11.5. The lowest BCUT2D eigenvalue weighted by molar-refractivity contribution is -0.147. The fraction of sp³-hybridized carbons (Fsp3) is 0.323. The molecule has 0 heterocycles. The van der Waals surface area contributed by atoms with E-state index in [0.717, 1.165) is 59.1 Å². The topological polar surface area (TPSA) is 82.1 Å². The van der Waals surface area contributed by atoms with Crippen molar-refractivity contribution in [3.63, 3.8) is 0 Å². The first-order valence-electron chi connectivity index (χ1n) is 12.8. The smallest absolute Gasteiger partial charge is 0.386 e. The van der Waals surface area contributed by atoms with Gasteiger partial charge in [-0.3, -0.25) is 9.32 Å². The summed E-state index contributed by atoms with van der Waals surface area (Å²) >= 11 is 0. The molecule has 3 aromatic carbocycles. The molecule has 1 atom stereocenters. The van der Waals surface area contributed by atoms with Crippen LogP contribution in [0.2, 0.25) is 0 Å². The summed E-state index contributed by atoms with van der Waals surface area (Å²) in [7, 11) is -3.90. The monoisotopic (exact) mass is 536 g/mol. The number of phenolic OH excluding ortho intramolecular Hbond substituents is 1. The van der Waals surface area contributed by atoms with Crippen LogP contribution in [0, 0.1) is 6.92 Å². The molecule has 7 heteroatoms. The highest BCUT2D eigenvalue weighted by Crippen LogP contribution is 2.55. The Morgan fingerprint density at radius 1 is 1.00 bits per heavy atom. The summed E-state index contributed by atoms with van der Waals surface area (Å²) in [5.41, 5.74) is 5.38. The van der Waals surface area contributed by atoms with Crippen LogP contribution in [0.1, 0.15) is 62.3 Å². The minimum atomic E-state index is -3.90. The Hall–Kier alpha value is -3.34. The predicted octanol–water partition coefficient (Wildman–Crippen LogP) is 8.44. The van der Waals surface area contributed by atoms with Gasteiger partial charge in [-0.15, -0.1) is 0 Å².